The van der Waals surface area contributed by atoms with Crippen molar-refractivity contribution in [3.8, 4) is 0 Å². The quantitative estimate of drug-likeness (QED) is 0.368. The molecule has 0 aromatic rings. The van der Waals surface area contributed by atoms with Crippen LogP contribution in [0.1, 0.15) is 27.2 Å². The molecule has 0 heterocycles. The van der Waals surface area contributed by atoms with E-state index in [4.69, 9.17) is 9.29 Å². The van der Waals surface area contributed by atoms with Crippen LogP contribution in [0, 0.1) is 0 Å². The summed E-state index contributed by atoms with van der Waals surface area (Å²) in [6.45, 7) is 3.84. The van der Waals surface area contributed by atoms with Gasteiger partial charge in [0, 0.05) is 13.5 Å². The van der Waals surface area contributed by atoms with Crippen LogP contribution in [0.2, 0.25) is 0 Å². The molecule has 10 heteroatoms. The summed E-state index contributed by atoms with van der Waals surface area (Å²) in [6.07, 6.45) is -3.83. The fourth-order valence-corrected chi connectivity index (χ4v) is 1.69. The summed E-state index contributed by atoms with van der Waals surface area (Å²) < 4.78 is 39.2. The first-order chi connectivity index (χ1) is 9.56. The van der Waals surface area contributed by atoms with Crippen LogP contribution in [0.5, 0.6) is 0 Å². The van der Waals surface area contributed by atoms with Gasteiger partial charge >= 0.3 is 10.4 Å². The smallest absolute Gasteiger partial charge is 0.388 e. The van der Waals surface area contributed by atoms with Gasteiger partial charge in [-0.15, -0.1) is 0 Å². The van der Waals surface area contributed by atoms with Gasteiger partial charge < -0.3 is 20.3 Å². The number of amides is 1. The summed E-state index contributed by atoms with van der Waals surface area (Å²) in [5.41, 5.74) is 0. The van der Waals surface area contributed by atoms with E-state index in [1.54, 1.807) is 6.92 Å². The highest BCUT2D eigenvalue weighted by Crippen LogP contribution is 2.11. The summed E-state index contributed by atoms with van der Waals surface area (Å²) in [4.78, 5) is 10.7. The number of ether oxygens (including phenoxy) is 1. The molecule has 0 aromatic heterocycles. The zero-order valence-electron chi connectivity index (χ0n) is 12.2. The molecule has 0 rings (SSSR count). The average molecular weight is 329 g/mol. The van der Waals surface area contributed by atoms with E-state index in [0.717, 1.165) is 0 Å². The van der Waals surface area contributed by atoms with E-state index in [1.807, 2.05) is 6.92 Å². The summed E-state index contributed by atoms with van der Waals surface area (Å²) in [5, 5.41) is 22.0. The first-order valence-electron chi connectivity index (χ1n) is 6.44. The molecule has 4 atom stereocenters. The fourth-order valence-electron chi connectivity index (χ4n) is 1.38. The molecule has 9 nitrogen and oxygen atoms in total. The lowest BCUT2D eigenvalue weighted by atomic mass is 10.1. The number of aliphatic hydroxyl groups excluding tert-OH is 2. The van der Waals surface area contributed by atoms with Gasteiger partial charge in [0.2, 0.25) is 5.91 Å². The summed E-state index contributed by atoms with van der Waals surface area (Å²) in [6, 6.07) is 0. The summed E-state index contributed by atoms with van der Waals surface area (Å²) in [5.74, 6) is -0.394. The van der Waals surface area contributed by atoms with Gasteiger partial charge in [-0.2, -0.15) is 8.42 Å². The van der Waals surface area contributed by atoms with Crippen molar-refractivity contribution in [1.29, 1.82) is 0 Å². The van der Waals surface area contributed by atoms with E-state index >= 15 is 0 Å². The lowest BCUT2D eigenvalue weighted by Crippen LogP contribution is -2.48. The molecule has 1 amide bonds. The molecular formula is C11H23NO8S. The Hall–Kier alpha value is -0.780. The maximum absolute atomic E-state index is 10.7. The number of carbonyl (C=O) groups excluding carboxylic acids is 1. The monoisotopic (exact) mass is 329 g/mol. The van der Waals surface area contributed by atoms with Crippen LogP contribution in [0.3, 0.4) is 0 Å². The van der Waals surface area contributed by atoms with Crippen molar-refractivity contribution in [2.75, 3.05) is 13.2 Å². The van der Waals surface area contributed by atoms with Gasteiger partial charge in [-0.25, -0.2) is 4.18 Å². The van der Waals surface area contributed by atoms with Crippen LogP contribution in [0.15, 0.2) is 0 Å². The van der Waals surface area contributed by atoms with Crippen LogP contribution >= 0.6 is 0 Å². The third kappa shape index (κ3) is 9.72. The Morgan fingerprint density at radius 3 is 2.33 bits per heavy atom. The van der Waals surface area contributed by atoms with Crippen molar-refractivity contribution in [2.45, 2.75) is 51.6 Å². The minimum absolute atomic E-state index is 0.233. The predicted octanol–water partition coefficient (Wildman–Crippen LogP) is -1.15. The van der Waals surface area contributed by atoms with Crippen molar-refractivity contribution in [3.05, 3.63) is 0 Å². The Morgan fingerprint density at radius 2 is 1.90 bits per heavy atom. The zero-order chi connectivity index (χ0) is 16.6. The van der Waals surface area contributed by atoms with E-state index < -0.39 is 41.2 Å². The van der Waals surface area contributed by atoms with Gasteiger partial charge in [0.25, 0.3) is 0 Å². The van der Waals surface area contributed by atoms with E-state index in [1.165, 1.54) is 6.92 Å². The molecule has 0 aliphatic heterocycles. The number of aliphatic hydroxyl groups is 2. The van der Waals surface area contributed by atoms with Crippen molar-refractivity contribution in [1.82, 2.24) is 5.32 Å². The molecule has 0 fully saturated rings. The largest absolute Gasteiger partial charge is 0.397 e. The zero-order valence-corrected chi connectivity index (χ0v) is 13.0. The molecule has 0 aliphatic carbocycles. The molecule has 0 spiro atoms. The Morgan fingerprint density at radius 1 is 1.33 bits per heavy atom. The average Bonchev–Trinajstić information content (AvgIpc) is 2.38. The predicted molar refractivity (Wildman–Crippen MR) is 72.8 cm³/mol. The SMILES string of the molecule is CCC(C)OC(COS(=O)(=O)O)[C@@H](O)[C@@H](O)CNC(C)=O. The highest BCUT2D eigenvalue weighted by molar-refractivity contribution is 7.80. The van der Waals surface area contributed by atoms with Gasteiger partial charge in [-0.05, 0) is 13.3 Å². The number of nitrogens with one attached hydrogen (secondary N) is 1. The Balaban J connectivity index is 4.70. The van der Waals surface area contributed by atoms with Gasteiger partial charge in [0.15, 0.2) is 0 Å². The molecule has 21 heavy (non-hydrogen) atoms. The van der Waals surface area contributed by atoms with Crippen molar-refractivity contribution < 1.29 is 36.9 Å². The second kappa shape index (κ2) is 9.28. The molecule has 126 valence electrons. The lowest BCUT2D eigenvalue weighted by molar-refractivity contribution is -0.128. The fraction of sp³-hybridized carbons (Fsp3) is 0.909. The molecule has 0 aromatic carbocycles. The standard InChI is InChI=1S/C11H23NO8S/c1-4-7(2)20-10(6-19-21(16,17)18)11(15)9(14)5-12-8(3)13/h7,9-11,14-15H,4-6H2,1-3H3,(H,12,13)(H,16,17,18)/t7?,9-,10?,11-/m0/s1. The Kier molecular flexibility index (Phi) is 8.94. The number of hydrogen-bond acceptors (Lipinski definition) is 7. The number of carbonyl (C=O) groups is 1. The maximum Gasteiger partial charge on any atom is 0.397 e. The molecule has 0 bridgehead atoms. The minimum Gasteiger partial charge on any atom is -0.388 e. The summed E-state index contributed by atoms with van der Waals surface area (Å²) >= 11 is 0. The van der Waals surface area contributed by atoms with E-state index in [-0.39, 0.29) is 12.6 Å². The number of hydrogen-bond donors (Lipinski definition) is 4. The van der Waals surface area contributed by atoms with Crippen molar-refractivity contribution >= 4 is 16.3 Å². The van der Waals surface area contributed by atoms with Crippen molar-refractivity contribution in [2.24, 2.45) is 0 Å². The molecule has 2 unspecified atom stereocenters. The minimum atomic E-state index is -4.69. The molecule has 0 radical (unpaired) electrons. The third-order valence-corrected chi connectivity index (χ3v) is 3.13. The maximum atomic E-state index is 10.7. The summed E-state index contributed by atoms with van der Waals surface area (Å²) in [7, 11) is -4.69. The third-order valence-electron chi connectivity index (χ3n) is 2.70. The number of rotatable bonds is 10. The second-order valence-corrected chi connectivity index (χ2v) is 5.69. The first-order valence-corrected chi connectivity index (χ1v) is 7.81. The van der Waals surface area contributed by atoms with Gasteiger partial charge in [0.1, 0.15) is 12.2 Å². The van der Waals surface area contributed by atoms with Gasteiger partial charge in [0.05, 0.1) is 18.8 Å². The van der Waals surface area contributed by atoms with E-state index in [2.05, 4.69) is 9.50 Å². The first kappa shape index (κ1) is 20.2. The Bertz CT molecular complexity index is 412. The molecular weight excluding hydrogens is 306 g/mol. The molecule has 4 N–H and O–H groups in total. The molecule has 0 saturated heterocycles. The van der Waals surface area contributed by atoms with Gasteiger partial charge in [-0.1, -0.05) is 6.92 Å². The molecule has 0 saturated carbocycles. The van der Waals surface area contributed by atoms with Crippen LogP contribution < -0.4 is 5.32 Å². The highest BCUT2D eigenvalue weighted by atomic mass is 32.3. The second-order valence-electron chi connectivity index (χ2n) is 4.60. The van der Waals surface area contributed by atoms with Crippen molar-refractivity contribution in [3.63, 3.8) is 0 Å². The Labute approximate surface area is 124 Å². The lowest BCUT2D eigenvalue weighted by Gasteiger charge is -2.28. The van der Waals surface area contributed by atoms with Crippen LogP contribution in [0.25, 0.3) is 0 Å². The van der Waals surface area contributed by atoms with Crippen LogP contribution in [-0.2, 0) is 24.1 Å². The van der Waals surface area contributed by atoms with E-state index in [0.29, 0.717) is 6.42 Å². The molecule has 0 aliphatic rings. The van der Waals surface area contributed by atoms with Gasteiger partial charge in [-0.3, -0.25) is 9.35 Å². The highest BCUT2D eigenvalue weighted by Gasteiger charge is 2.30. The normalized spacial score (nSPS) is 17.8. The topological polar surface area (TPSA) is 142 Å². The van der Waals surface area contributed by atoms with E-state index in [9.17, 15) is 23.4 Å². The van der Waals surface area contributed by atoms with Crippen LogP contribution in [-0.4, -0.2) is 66.7 Å². The van der Waals surface area contributed by atoms with Crippen LogP contribution in [0.4, 0.5) is 0 Å².